The molecule has 1 amide bonds. The first-order valence-electron chi connectivity index (χ1n) is 8.26. The minimum atomic E-state index is -3.37. The molecule has 0 bridgehead atoms. The molecule has 2 rings (SSSR count). The Morgan fingerprint density at radius 2 is 1.83 bits per heavy atom. The fourth-order valence-electron chi connectivity index (χ4n) is 2.90. The van der Waals surface area contributed by atoms with Crippen LogP contribution < -0.4 is 4.72 Å². The molecule has 134 valence electrons. The van der Waals surface area contributed by atoms with E-state index in [9.17, 15) is 13.2 Å². The third-order valence-electron chi connectivity index (χ3n) is 4.06. The van der Waals surface area contributed by atoms with Gasteiger partial charge >= 0.3 is 0 Å². The number of carbonyl (C=O) groups is 1. The molecule has 1 N–H and O–H groups in total. The van der Waals surface area contributed by atoms with Crippen LogP contribution in [0.1, 0.15) is 29.8 Å². The molecule has 1 aliphatic heterocycles. The molecule has 1 aromatic rings. The van der Waals surface area contributed by atoms with Crippen molar-refractivity contribution in [2.75, 3.05) is 43.7 Å². The number of nitrogens with zero attached hydrogens (tertiary/aromatic N) is 2. The van der Waals surface area contributed by atoms with Gasteiger partial charge in [-0.25, -0.2) is 8.42 Å². The summed E-state index contributed by atoms with van der Waals surface area (Å²) in [7, 11) is -3.37. The second-order valence-electron chi connectivity index (χ2n) is 6.89. The molecule has 1 aliphatic rings. The Bertz CT molecular complexity index is 693. The Hall–Kier alpha value is -1.60. The van der Waals surface area contributed by atoms with E-state index >= 15 is 0 Å². The van der Waals surface area contributed by atoms with Crippen LogP contribution in [-0.4, -0.2) is 63.1 Å². The highest BCUT2D eigenvalue weighted by Crippen LogP contribution is 2.20. The van der Waals surface area contributed by atoms with Crippen molar-refractivity contribution in [1.29, 1.82) is 0 Å². The molecule has 0 atom stereocenters. The van der Waals surface area contributed by atoms with Crippen LogP contribution in [0.15, 0.2) is 18.2 Å². The topological polar surface area (TPSA) is 69.7 Å². The lowest BCUT2D eigenvalue weighted by Crippen LogP contribution is -2.49. The minimum absolute atomic E-state index is 0.0456. The lowest BCUT2D eigenvalue weighted by molar-refractivity contribution is 0.0624. The van der Waals surface area contributed by atoms with E-state index in [1.165, 1.54) is 0 Å². The molecule has 0 unspecified atom stereocenters. The van der Waals surface area contributed by atoms with Gasteiger partial charge in [-0.3, -0.25) is 14.4 Å². The van der Waals surface area contributed by atoms with Gasteiger partial charge in [-0.15, -0.1) is 0 Å². The first kappa shape index (κ1) is 18.7. The summed E-state index contributed by atoms with van der Waals surface area (Å²) in [5, 5.41) is 0. The maximum Gasteiger partial charge on any atom is 0.254 e. The van der Waals surface area contributed by atoms with Crippen LogP contribution in [-0.2, 0) is 10.0 Å². The Balaban J connectivity index is 2.07. The zero-order valence-corrected chi connectivity index (χ0v) is 15.7. The number of anilines is 1. The molecule has 0 aliphatic carbocycles. The summed E-state index contributed by atoms with van der Waals surface area (Å²) in [6.45, 7) is 10.4. The van der Waals surface area contributed by atoms with Gasteiger partial charge in [0.25, 0.3) is 5.91 Å². The normalized spacial score (nSPS) is 16.5. The Morgan fingerprint density at radius 1 is 1.21 bits per heavy atom. The lowest BCUT2D eigenvalue weighted by atomic mass is 10.1. The number of amides is 1. The summed E-state index contributed by atoms with van der Waals surface area (Å²) in [5.41, 5.74) is 1.77. The van der Waals surface area contributed by atoms with Gasteiger partial charge in [0, 0.05) is 38.3 Å². The molecule has 24 heavy (non-hydrogen) atoms. The first-order valence-corrected chi connectivity index (χ1v) is 10.1. The largest absolute Gasteiger partial charge is 0.336 e. The minimum Gasteiger partial charge on any atom is -0.336 e. The number of nitrogens with one attached hydrogen (secondary N) is 1. The number of aryl methyl sites for hydroxylation is 1. The van der Waals surface area contributed by atoms with E-state index in [2.05, 4.69) is 23.5 Å². The van der Waals surface area contributed by atoms with E-state index < -0.39 is 10.0 Å². The van der Waals surface area contributed by atoms with E-state index in [0.717, 1.165) is 31.5 Å². The van der Waals surface area contributed by atoms with Crippen LogP contribution in [0.4, 0.5) is 5.69 Å². The average Bonchev–Trinajstić information content (AvgIpc) is 2.47. The van der Waals surface area contributed by atoms with Gasteiger partial charge in [-0.2, -0.15) is 0 Å². The van der Waals surface area contributed by atoms with Crippen LogP contribution in [0.2, 0.25) is 0 Å². The molecule has 1 saturated heterocycles. The first-order chi connectivity index (χ1) is 11.2. The fourth-order valence-corrected chi connectivity index (χ4v) is 3.52. The summed E-state index contributed by atoms with van der Waals surface area (Å²) in [4.78, 5) is 16.9. The number of hydrogen-bond acceptors (Lipinski definition) is 4. The predicted octanol–water partition coefficient (Wildman–Crippen LogP) is 1.78. The molecule has 6 nitrogen and oxygen atoms in total. The highest BCUT2D eigenvalue weighted by molar-refractivity contribution is 7.92. The Kier molecular flexibility index (Phi) is 5.87. The van der Waals surface area contributed by atoms with Crippen molar-refractivity contribution in [3.63, 3.8) is 0 Å². The molecular formula is C17H27N3O3S. The second-order valence-corrected chi connectivity index (χ2v) is 8.64. The van der Waals surface area contributed by atoms with Crippen molar-refractivity contribution < 1.29 is 13.2 Å². The number of benzene rings is 1. The predicted molar refractivity (Wildman–Crippen MR) is 96.8 cm³/mol. The Morgan fingerprint density at radius 3 is 2.38 bits per heavy atom. The standard InChI is InChI=1S/C17H27N3O3S/c1-13(2)12-19-7-9-20(10-8-19)17(21)15-6-5-14(3)16(11-15)18-24(4,22)23/h5-6,11,13,18H,7-10,12H2,1-4H3. The number of carbonyl (C=O) groups excluding carboxylic acids is 1. The lowest BCUT2D eigenvalue weighted by Gasteiger charge is -2.35. The number of piperazine rings is 1. The van der Waals surface area contributed by atoms with Gasteiger partial charge in [0.05, 0.1) is 11.9 Å². The van der Waals surface area contributed by atoms with Crippen LogP contribution >= 0.6 is 0 Å². The van der Waals surface area contributed by atoms with Crippen LogP contribution in [0.5, 0.6) is 0 Å². The van der Waals surface area contributed by atoms with Crippen LogP contribution in [0, 0.1) is 12.8 Å². The summed E-state index contributed by atoms with van der Waals surface area (Å²) >= 11 is 0. The molecule has 7 heteroatoms. The SMILES string of the molecule is Cc1ccc(C(=O)N2CCN(CC(C)C)CC2)cc1NS(C)(=O)=O. The Labute approximate surface area is 144 Å². The van der Waals surface area contributed by atoms with Gasteiger partial charge in [0.2, 0.25) is 10.0 Å². The van der Waals surface area contributed by atoms with Gasteiger partial charge < -0.3 is 4.90 Å². The number of hydrogen-bond donors (Lipinski definition) is 1. The van der Waals surface area contributed by atoms with Gasteiger partial charge in [-0.05, 0) is 30.5 Å². The van der Waals surface area contributed by atoms with Crippen LogP contribution in [0.3, 0.4) is 0 Å². The van der Waals surface area contributed by atoms with Crippen molar-refractivity contribution in [2.45, 2.75) is 20.8 Å². The van der Waals surface area contributed by atoms with Crippen molar-refractivity contribution in [3.05, 3.63) is 29.3 Å². The quantitative estimate of drug-likeness (QED) is 0.876. The van der Waals surface area contributed by atoms with E-state index in [1.54, 1.807) is 18.2 Å². The summed E-state index contributed by atoms with van der Waals surface area (Å²) in [6.07, 6.45) is 1.11. The molecule has 0 aromatic heterocycles. The summed E-state index contributed by atoms with van der Waals surface area (Å²) in [5.74, 6) is 0.574. The van der Waals surface area contributed by atoms with E-state index in [4.69, 9.17) is 0 Å². The second kappa shape index (κ2) is 7.53. The number of rotatable bonds is 5. The van der Waals surface area contributed by atoms with Crippen LogP contribution in [0.25, 0.3) is 0 Å². The third-order valence-corrected chi connectivity index (χ3v) is 4.65. The summed E-state index contributed by atoms with van der Waals surface area (Å²) in [6, 6.07) is 5.15. The molecule has 1 fully saturated rings. The maximum atomic E-state index is 12.7. The van der Waals surface area contributed by atoms with E-state index in [0.29, 0.717) is 30.3 Å². The van der Waals surface area contributed by atoms with Gasteiger partial charge in [-0.1, -0.05) is 19.9 Å². The zero-order chi connectivity index (χ0) is 17.9. The highest BCUT2D eigenvalue weighted by atomic mass is 32.2. The smallest absolute Gasteiger partial charge is 0.254 e. The van der Waals surface area contributed by atoms with E-state index in [1.807, 2.05) is 11.8 Å². The van der Waals surface area contributed by atoms with Gasteiger partial charge in [0.1, 0.15) is 0 Å². The molecule has 0 saturated carbocycles. The molecular weight excluding hydrogens is 326 g/mol. The van der Waals surface area contributed by atoms with Crippen molar-refractivity contribution in [3.8, 4) is 0 Å². The summed E-state index contributed by atoms with van der Waals surface area (Å²) < 4.78 is 25.4. The van der Waals surface area contributed by atoms with E-state index in [-0.39, 0.29) is 5.91 Å². The van der Waals surface area contributed by atoms with Crippen molar-refractivity contribution >= 4 is 21.6 Å². The highest BCUT2D eigenvalue weighted by Gasteiger charge is 2.23. The molecule has 1 aromatic carbocycles. The maximum absolute atomic E-state index is 12.7. The average molecular weight is 353 g/mol. The van der Waals surface area contributed by atoms with Crippen molar-refractivity contribution in [1.82, 2.24) is 9.80 Å². The zero-order valence-electron chi connectivity index (χ0n) is 14.9. The van der Waals surface area contributed by atoms with Crippen molar-refractivity contribution in [2.24, 2.45) is 5.92 Å². The number of sulfonamides is 1. The molecule has 1 heterocycles. The third kappa shape index (κ3) is 5.21. The van der Waals surface area contributed by atoms with Gasteiger partial charge in [0.15, 0.2) is 0 Å². The monoisotopic (exact) mass is 353 g/mol. The molecule has 0 spiro atoms. The molecule has 0 radical (unpaired) electrons. The fraction of sp³-hybridized carbons (Fsp3) is 0.588.